The molecule has 1 rings (SSSR count). The van der Waals surface area contributed by atoms with Crippen LogP contribution in [0.4, 0.5) is 4.79 Å². The highest BCUT2D eigenvalue weighted by Gasteiger charge is 2.28. The Morgan fingerprint density at radius 2 is 1.95 bits per heavy atom. The third-order valence-electron chi connectivity index (χ3n) is 3.69. The lowest BCUT2D eigenvalue weighted by molar-refractivity contribution is 0.0173. The Labute approximate surface area is 117 Å². The SMILES string of the molecule is CCCC[C@@H](N)C1CCN(C(=O)OC(C)(C)C)CC1. The van der Waals surface area contributed by atoms with E-state index in [0.717, 1.165) is 32.4 Å². The molecule has 1 heterocycles. The Kier molecular flexibility index (Phi) is 6.11. The van der Waals surface area contributed by atoms with E-state index in [1.807, 2.05) is 25.7 Å². The normalized spacial score (nSPS) is 19.3. The average Bonchev–Trinajstić information content (AvgIpc) is 2.34. The van der Waals surface area contributed by atoms with E-state index >= 15 is 0 Å². The van der Waals surface area contributed by atoms with E-state index in [1.54, 1.807) is 0 Å². The van der Waals surface area contributed by atoms with Crippen LogP contribution in [-0.4, -0.2) is 35.7 Å². The number of rotatable bonds is 4. The highest BCUT2D eigenvalue weighted by atomic mass is 16.6. The summed E-state index contributed by atoms with van der Waals surface area (Å²) in [5, 5.41) is 0. The van der Waals surface area contributed by atoms with E-state index < -0.39 is 5.60 Å². The van der Waals surface area contributed by atoms with Gasteiger partial charge < -0.3 is 15.4 Å². The number of likely N-dealkylation sites (tertiary alicyclic amines) is 1. The van der Waals surface area contributed by atoms with Crippen molar-refractivity contribution in [2.75, 3.05) is 13.1 Å². The largest absolute Gasteiger partial charge is 0.444 e. The summed E-state index contributed by atoms with van der Waals surface area (Å²) in [6, 6.07) is 0.292. The lowest BCUT2D eigenvalue weighted by atomic mass is 9.87. The zero-order valence-corrected chi connectivity index (χ0v) is 12.9. The molecule has 1 atom stereocenters. The molecule has 4 heteroatoms. The second-order valence-electron chi connectivity index (χ2n) is 6.61. The third kappa shape index (κ3) is 5.81. The van der Waals surface area contributed by atoms with Crippen LogP contribution in [-0.2, 0) is 4.74 Å². The van der Waals surface area contributed by atoms with Crippen molar-refractivity contribution < 1.29 is 9.53 Å². The maximum atomic E-state index is 11.9. The first-order valence-electron chi connectivity index (χ1n) is 7.57. The first-order valence-corrected chi connectivity index (χ1v) is 7.57. The third-order valence-corrected chi connectivity index (χ3v) is 3.69. The van der Waals surface area contributed by atoms with Crippen LogP contribution in [0.15, 0.2) is 0 Å². The standard InChI is InChI=1S/C15H30N2O2/c1-5-6-7-13(16)12-8-10-17(11-9-12)14(18)19-15(2,3)4/h12-13H,5-11,16H2,1-4H3/t13-/m1/s1. The monoisotopic (exact) mass is 270 g/mol. The molecule has 0 aromatic carbocycles. The Hall–Kier alpha value is -0.770. The summed E-state index contributed by atoms with van der Waals surface area (Å²) >= 11 is 0. The van der Waals surface area contributed by atoms with E-state index in [4.69, 9.17) is 10.5 Å². The lowest BCUT2D eigenvalue weighted by Gasteiger charge is -2.35. The van der Waals surface area contributed by atoms with Crippen LogP contribution >= 0.6 is 0 Å². The summed E-state index contributed by atoms with van der Waals surface area (Å²) in [6.45, 7) is 9.45. The molecule has 0 spiro atoms. The van der Waals surface area contributed by atoms with Crippen molar-refractivity contribution in [1.82, 2.24) is 4.90 Å². The van der Waals surface area contributed by atoms with Crippen molar-refractivity contribution >= 4 is 6.09 Å². The van der Waals surface area contributed by atoms with Crippen LogP contribution in [0.1, 0.15) is 59.8 Å². The van der Waals surface area contributed by atoms with E-state index in [2.05, 4.69) is 6.92 Å². The summed E-state index contributed by atoms with van der Waals surface area (Å²) in [6.07, 6.45) is 5.33. The van der Waals surface area contributed by atoms with Crippen molar-refractivity contribution in [3.63, 3.8) is 0 Å². The van der Waals surface area contributed by atoms with Gasteiger partial charge in [0.25, 0.3) is 0 Å². The van der Waals surface area contributed by atoms with Gasteiger partial charge in [-0.05, 0) is 46.0 Å². The van der Waals surface area contributed by atoms with Gasteiger partial charge in [-0.15, -0.1) is 0 Å². The Morgan fingerprint density at radius 1 is 1.37 bits per heavy atom. The van der Waals surface area contributed by atoms with Crippen molar-refractivity contribution in [3.05, 3.63) is 0 Å². The molecule has 0 aliphatic carbocycles. The van der Waals surface area contributed by atoms with Gasteiger partial charge in [0, 0.05) is 19.1 Å². The molecule has 0 aromatic rings. The first-order chi connectivity index (χ1) is 8.83. The molecular formula is C15H30N2O2. The quantitative estimate of drug-likeness (QED) is 0.853. The Morgan fingerprint density at radius 3 is 2.42 bits per heavy atom. The molecule has 0 saturated carbocycles. The maximum absolute atomic E-state index is 11.9. The van der Waals surface area contributed by atoms with Gasteiger partial charge in [-0.25, -0.2) is 4.79 Å². The molecular weight excluding hydrogens is 240 g/mol. The summed E-state index contributed by atoms with van der Waals surface area (Å²) in [5.41, 5.74) is 5.81. The van der Waals surface area contributed by atoms with Gasteiger partial charge in [-0.2, -0.15) is 0 Å². The summed E-state index contributed by atoms with van der Waals surface area (Å²) < 4.78 is 5.39. The molecule has 1 aliphatic rings. The van der Waals surface area contributed by atoms with Crippen LogP contribution in [0.3, 0.4) is 0 Å². The minimum atomic E-state index is -0.411. The van der Waals surface area contributed by atoms with Crippen LogP contribution in [0.2, 0.25) is 0 Å². The molecule has 0 aromatic heterocycles. The summed E-state index contributed by atoms with van der Waals surface area (Å²) in [4.78, 5) is 13.7. The van der Waals surface area contributed by atoms with Crippen molar-refractivity contribution in [1.29, 1.82) is 0 Å². The van der Waals surface area contributed by atoms with Gasteiger partial charge in [0.05, 0.1) is 0 Å². The molecule has 0 bridgehead atoms. The fourth-order valence-corrected chi connectivity index (χ4v) is 2.51. The van der Waals surface area contributed by atoms with E-state index in [-0.39, 0.29) is 6.09 Å². The lowest BCUT2D eigenvalue weighted by Crippen LogP contribution is -2.45. The van der Waals surface area contributed by atoms with Crippen LogP contribution in [0, 0.1) is 5.92 Å². The highest BCUT2D eigenvalue weighted by Crippen LogP contribution is 2.23. The predicted molar refractivity (Wildman–Crippen MR) is 78.0 cm³/mol. The fraction of sp³-hybridized carbons (Fsp3) is 0.933. The number of ether oxygens (including phenoxy) is 1. The van der Waals surface area contributed by atoms with Crippen LogP contribution in [0.5, 0.6) is 0 Å². The molecule has 1 amide bonds. The Balaban J connectivity index is 2.34. The zero-order valence-electron chi connectivity index (χ0n) is 12.9. The maximum Gasteiger partial charge on any atom is 0.410 e. The van der Waals surface area contributed by atoms with Crippen LogP contribution < -0.4 is 5.73 Å². The minimum absolute atomic E-state index is 0.187. The van der Waals surface area contributed by atoms with Crippen LogP contribution in [0.25, 0.3) is 0 Å². The number of unbranched alkanes of at least 4 members (excludes halogenated alkanes) is 1. The smallest absolute Gasteiger partial charge is 0.410 e. The summed E-state index contributed by atoms with van der Waals surface area (Å²) in [7, 11) is 0. The zero-order chi connectivity index (χ0) is 14.5. The van der Waals surface area contributed by atoms with Gasteiger partial charge in [-0.1, -0.05) is 19.8 Å². The van der Waals surface area contributed by atoms with Gasteiger partial charge in [-0.3, -0.25) is 0 Å². The number of carbonyl (C=O) groups excluding carboxylic acids is 1. The number of hydrogen-bond acceptors (Lipinski definition) is 3. The van der Waals surface area contributed by atoms with Gasteiger partial charge >= 0.3 is 6.09 Å². The van der Waals surface area contributed by atoms with Gasteiger partial charge in [0.1, 0.15) is 5.60 Å². The van der Waals surface area contributed by atoms with Crippen molar-refractivity contribution in [2.24, 2.45) is 11.7 Å². The van der Waals surface area contributed by atoms with Gasteiger partial charge in [0.2, 0.25) is 0 Å². The fourth-order valence-electron chi connectivity index (χ4n) is 2.51. The molecule has 1 saturated heterocycles. The molecule has 0 unspecified atom stereocenters. The van der Waals surface area contributed by atoms with Crippen molar-refractivity contribution in [3.8, 4) is 0 Å². The number of amides is 1. The molecule has 1 fully saturated rings. The number of piperidine rings is 1. The number of nitrogens with zero attached hydrogens (tertiary/aromatic N) is 1. The number of carbonyl (C=O) groups is 1. The minimum Gasteiger partial charge on any atom is -0.444 e. The predicted octanol–water partition coefficient (Wildman–Crippen LogP) is 3.15. The number of hydrogen-bond donors (Lipinski definition) is 1. The average molecular weight is 270 g/mol. The molecule has 0 radical (unpaired) electrons. The molecule has 2 N–H and O–H groups in total. The number of nitrogens with two attached hydrogens (primary N) is 1. The van der Waals surface area contributed by atoms with Crippen molar-refractivity contribution in [2.45, 2.75) is 71.4 Å². The molecule has 1 aliphatic heterocycles. The van der Waals surface area contributed by atoms with E-state index in [1.165, 1.54) is 12.8 Å². The highest BCUT2D eigenvalue weighted by molar-refractivity contribution is 5.68. The molecule has 19 heavy (non-hydrogen) atoms. The van der Waals surface area contributed by atoms with Gasteiger partial charge in [0.15, 0.2) is 0 Å². The second kappa shape index (κ2) is 7.13. The summed E-state index contributed by atoms with van der Waals surface area (Å²) in [5.74, 6) is 0.560. The van der Waals surface area contributed by atoms with E-state index in [0.29, 0.717) is 12.0 Å². The van der Waals surface area contributed by atoms with E-state index in [9.17, 15) is 4.79 Å². The molecule has 112 valence electrons. The second-order valence-corrected chi connectivity index (χ2v) is 6.61. The topological polar surface area (TPSA) is 55.6 Å². The first kappa shape index (κ1) is 16.3. The molecule has 4 nitrogen and oxygen atoms in total. The Bertz CT molecular complexity index is 278.